The zero-order valence-electron chi connectivity index (χ0n) is 10.4. The molecule has 0 amide bonds. The highest BCUT2D eigenvalue weighted by molar-refractivity contribution is 6.30. The molecule has 1 rings (SSSR count). The molecular weight excluding hydrogens is 242 g/mol. The van der Waals surface area contributed by atoms with Crippen LogP contribution in [0.15, 0.2) is 0 Å². The molecule has 0 saturated heterocycles. The van der Waals surface area contributed by atoms with Crippen molar-refractivity contribution in [1.82, 2.24) is 9.97 Å². The molecule has 17 heavy (non-hydrogen) atoms. The van der Waals surface area contributed by atoms with E-state index in [-0.39, 0.29) is 18.4 Å². The lowest BCUT2D eigenvalue weighted by atomic mass is 10.2. The van der Waals surface area contributed by atoms with Crippen LogP contribution in [0, 0.1) is 6.92 Å². The van der Waals surface area contributed by atoms with Crippen LogP contribution in [0.3, 0.4) is 0 Å². The topological polar surface area (TPSA) is 64.1 Å². The fourth-order valence-electron chi connectivity index (χ4n) is 1.16. The van der Waals surface area contributed by atoms with Crippen molar-refractivity contribution in [2.24, 2.45) is 0 Å². The van der Waals surface area contributed by atoms with E-state index < -0.39 is 0 Å². The van der Waals surface area contributed by atoms with E-state index in [1.165, 1.54) is 7.11 Å². The molecule has 0 unspecified atom stereocenters. The van der Waals surface area contributed by atoms with Crippen LogP contribution in [0.4, 0.5) is 5.82 Å². The van der Waals surface area contributed by atoms with Gasteiger partial charge in [-0.1, -0.05) is 25.4 Å². The minimum Gasteiger partial charge on any atom is -0.468 e. The van der Waals surface area contributed by atoms with Crippen LogP contribution >= 0.6 is 11.6 Å². The highest BCUT2D eigenvalue weighted by Gasteiger charge is 2.12. The Morgan fingerprint density at radius 1 is 1.47 bits per heavy atom. The molecule has 94 valence electrons. The minimum absolute atomic E-state index is 0.0578. The van der Waals surface area contributed by atoms with Crippen LogP contribution in [-0.2, 0) is 9.53 Å². The zero-order chi connectivity index (χ0) is 13.0. The number of halogens is 1. The summed E-state index contributed by atoms with van der Waals surface area (Å²) in [6.45, 7) is 5.81. The largest absolute Gasteiger partial charge is 0.468 e. The lowest BCUT2D eigenvalue weighted by molar-refractivity contribution is -0.138. The van der Waals surface area contributed by atoms with Gasteiger partial charge >= 0.3 is 5.97 Å². The van der Waals surface area contributed by atoms with Gasteiger partial charge < -0.3 is 10.1 Å². The lowest BCUT2D eigenvalue weighted by Crippen LogP contribution is -2.17. The number of nitrogens with one attached hydrogen (secondary N) is 1. The monoisotopic (exact) mass is 257 g/mol. The molecule has 5 nitrogen and oxygen atoms in total. The lowest BCUT2D eigenvalue weighted by Gasteiger charge is -2.12. The first kappa shape index (κ1) is 13.7. The molecule has 1 heterocycles. The number of carbonyl (C=O) groups excluding carboxylic acids is 1. The molecule has 0 aliphatic heterocycles. The number of carbonyl (C=O) groups is 1. The van der Waals surface area contributed by atoms with Crippen LogP contribution in [0.5, 0.6) is 0 Å². The third-order valence-electron chi connectivity index (χ3n) is 2.25. The first-order valence-electron chi connectivity index (χ1n) is 5.30. The van der Waals surface area contributed by atoms with E-state index in [0.29, 0.717) is 16.8 Å². The Labute approximate surface area is 106 Å². The van der Waals surface area contributed by atoms with Crippen molar-refractivity contribution in [2.75, 3.05) is 19.0 Å². The number of nitrogens with zero attached hydrogens (tertiary/aromatic N) is 2. The van der Waals surface area contributed by atoms with E-state index in [4.69, 9.17) is 11.6 Å². The van der Waals surface area contributed by atoms with Crippen LogP contribution < -0.4 is 5.32 Å². The predicted molar refractivity (Wildman–Crippen MR) is 66.4 cm³/mol. The number of rotatable bonds is 4. The number of hydrogen-bond donors (Lipinski definition) is 1. The molecule has 0 radical (unpaired) electrons. The quantitative estimate of drug-likeness (QED) is 0.661. The standard InChI is InChI=1S/C11H16ClN3O2/c1-6(2)10-14-9(12)7(3)11(15-10)13-5-8(16)17-4/h6H,5H2,1-4H3,(H,13,14,15). The SMILES string of the molecule is COC(=O)CNc1nc(C(C)C)nc(Cl)c1C. The minimum atomic E-state index is -0.356. The Kier molecular flexibility index (Phi) is 4.69. The van der Waals surface area contributed by atoms with E-state index >= 15 is 0 Å². The van der Waals surface area contributed by atoms with Gasteiger partial charge in [-0.25, -0.2) is 9.97 Å². The van der Waals surface area contributed by atoms with E-state index in [2.05, 4.69) is 20.0 Å². The molecule has 1 N–H and O–H groups in total. The van der Waals surface area contributed by atoms with Gasteiger partial charge in [0.15, 0.2) is 0 Å². The summed E-state index contributed by atoms with van der Waals surface area (Å²) in [7, 11) is 1.34. The summed E-state index contributed by atoms with van der Waals surface area (Å²) in [5, 5.41) is 3.29. The van der Waals surface area contributed by atoms with Crippen LogP contribution in [0.2, 0.25) is 5.15 Å². The summed E-state index contributed by atoms with van der Waals surface area (Å²) >= 11 is 6.00. The molecule has 0 fully saturated rings. The number of aromatic nitrogens is 2. The summed E-state index contributed by atoms with van der Waals surface area (Å²) in [6, 6.07) is 0. The number of hydrogen-bond acceptors (Lipinski definition) is 5. The summed E-state index contributed by atoms with van der Waals surface area (Å²) in [4.78, 5) is 19.5. The van der Waals surface area contributed by atoms with Gasteiger partial charge in [-0.15, -0.1) is 0 Å². The van der Waals surface area contributed by atoms with Gasteiger partial charge in [-0.3, -0.25) is 4.79 Å². The maximum Gasteiger partial charge on any atom is 0.325 e. The van der Waals surface area contributed by atoms with Crippen molar-refractivity contribution in [1.29, 1.82) is 0 Å². The molecule has 6 heteroatoms. The van der Waals surface area contributed by atoms with Gasteiger partial charge in [0.25, 0.3) is 0 Å². The molecule has 1 aromatic rings. The van der Waals surface area contributed by atoms with Crippen molar-refractivity contribution >= 4 is 23.4 Å². The highest BCUT2D eigenvalue weighted by atomic mass is 35.5. The Hall–Kier alpha value is -1.36. The Balaban J connectivity index is 2.93. The second-order valence-corrected chi connectivity index (χ2v) is 4.29. The summed E-state index contributed by atoms with van der Waals surface area (Å²) in [5.41, 5.74) is 0.722. The van der Waals surface area contributed by atoms with Gasteiger partial charge in [0.2, 0.25) is 0 Å². The summed E-state index contributed by atoms with van der Waals surface area (Å²) in [5.74, 6) is 1.03. The fourth-order valence-corrected chi connectivity index (χ4v) is 1.34. The third kappa shape index (κ3) is 3.56. The smallest absolute Gasteiger partial charge is 0.325 e. The average molecular weight is 258 g/mol. The summed E-state index contributed by atoms with van der Waals surface area (Å²) < 4.78 is 4.54. The van der Waals surface area contributed by atoms with Crippen LogP contribution in [-0.4, -0.2) is 29.6 Å². The third-order valence-corrected chi connectivity index (χ3v) is 2.62. The maximum absolute atomic E-state index is 11.0. The van der Waals surface area contributed by atoms with Crippen molar-refractivity contribution in [3.05, 3.63) is 16.5 Å². The van der Waals surface area contributed by atoms with Crippen molar-refractivity contribution < 1.29 is 9.53 Å². The predicted octanol–water partition coefficient (Wildman–Crippen LogP) is 2.15. The van der Waals surface area contributed by atoms with Crippen molar-refractivity contribution in [3.63, 3.8) is 0 Å². The van der Waals surface area contributed by atoms with Crippen molar-refractivity contribution in [2.45, 2.75) is 26.7 Å². The maximum atomic E-state index is 11.0. The van der Waals surface area contributed by atoms with Gasteiger partial charge in [0, 0.05) is 11.5 Å². The number of methoxy groups -OCH3 is 1. The fraction of sp³-hybridized carbons (Fsp3) is 0.545. The van der Waals surface area contributed by atoms with Gasteiger partial charge in [-0.2, -0.15) is 0 Å². The molecular formula is C11H16ClN3O2. The molecule has 0 aliphatic carbocycles. The first-order chi connectivity index (χ1) is 7.95. The Morgan fingerprint density at radius 2 is 2.12 bits per heavy atom. The first-order valence-corrected chi connectivity index (χ1v) is 5.68. The molecule has 0 saturated carbocycles. The zero-order valence-corrected chi connectivity index (χ0v) is 11.1. The molecule has 0 aliphatic rings. The summed E-state index contributed by atoms with van der Waals surface area (Å²) in [6.07, 6.45) is 0. The Bertz CT molecular complexity index is 421. The number of anilines is 1. The highest BCUT2D eigenvalue weighted by Crippen LogP contribution is 2.22. The second kappa shape index (κ2) is 5.82. The van der Waals surface area contributed by atoms with E-state index in [1.807, 2.05) is 13.8 Å². The number of ether oxygens (including phenoxy) is 1. The van der Waals surface area contributed by atoms with Gasteiger partial charge in [-0.05, 0) is 6.92 Å². The van der Waals surface area contributed by atoms with Crippen LogP contribution in [0.25, 0.3) is 0 Å². The van der Waals surface area contributed by atoms with E-state index in [9.17, 15) is 4.79 Å². The molecule has 0 atom stereocenters. The van der Waals surface area contributed by atoms with Crippen molar-refractivity contribution in [3.8, 4) is 0 Å². The Morgan fingerprint density at radius 3 is 2.65 bits per heavy atom. The second-order valence-electron chi connectivity index (χ2n) is 3.93. The van der Waals surface area contributed by atoms with Crippen LogP contribution in [0.1, 0.15) is 31.2 Å². The average Bonchev–Trinajstić information content (AvgIpc) is 2.30. The normalized spacial score (nSPS) is 10.5. The molecule has 0 spiro atoms. The van der Waals surface area contributed by atoms with Gasteiger partial charge in [0.1, 0.15) is 23.3 Å². The molecule has 0 aromatic carbocycles. The van der Waals surface area contributed by atoms with E-state index in [1.54, 1.807) is 6.92 Å². The van der Waals surface area contributed by atoms with Gasteiger partial charge in [0.05, 0.1) is 7.11 Å². The number of esters is 1. The van der Waals surface area contributed by atoms with E-state index in [0.717, 1.165) is 5.56 Å². The molecule has 0 bridgehead atoms. The molecule has 1 aromatic heterocycles.